The highest BCUT2D eigenvalue weighted by atomic mass is 16.5. The van der Waals surface area contributed by atoms with E-state index in [0.29, 0.717) is 22.9 Å². The Labute approximate surface area is 153 Å². The van der Waals surface area contributed by atoms with Gasteiger partial charge in [-0.1, -0.05) is 23.8 Å². The molecule has 1 aliphatic carbocycles. The van der Waals surface area contributed by atoms with Gasteiger partial charge in [0.05, 0.1) is 12.7 Å². The molecule has 0 unspecified atom stereocenters. The Balaban J connectivity index is 1.52. The highest BCUT2D eigenvalue weighted by molar-refractivity contribution is 6.05. The van der Waals surface area contributed by atoms with Crippen molar-refractivity contribution >= 4 is 17.5 Å². The number of benzene rings is 1. The number of aromatic nitrogens is 2. The van der Waals surface area contributed by atoms with Crippen molar-refractivity contribution in [3.05, 3.63) is 53.6 Å². The quantitative estimate of drug-likeness (QED) is 0.736. The number of para-hydroxylation sites is 1. The summed E-state index contributed by atoms with van der Waals surface area (Å²) < 4.78 is 5.21. The highest BCUT2D eigenvalue weighted by Crippen LogP contribution is 2.20. The molecule has 0 bridgehead atoms. The minimum Gasteiger partial charge on any atom is -0.496 e. The van der Waals surface area contributed by atoms with Gasteiger partial charge >= 0.3 is 0 Å². The number of hydrogen-bond donors (Lipinski definition) is 2. The molecule has 3 rings (SSSR count). The van der Waals surface area contributed by atoms with E-state index in [-0.39, 0.29) is 5.91 Å². The molecule has 26 heavy (non-hydrogen) atoms. The molecule has 1 aliphatic rings. The van der Waals surface area contributed by atoms with Crippen molar-refractivity contribution in [1.82, 2.24) is 10.2 Å². The predicted octanol–water partition coefficient (Wildman–Crippen LogP) is 4.04. The third-order valence-electron chi connectivity index (χ3n) is 4.40. The largest absolute Gasteiger partial charge is 0.496 e. The van der Waals surface area contributed by atoms with Gasteiger partial charge in [0.2, 0.25) is 0 Å². The van der Waals surface area contributed by atoms with Crippen molar-refractivity contribution in [1.29, 1.82) is 0 Å². The second-order valence-electron chi connectivity index (χ2n) is 6.24. The van der Waals surface area contributed by atoms with E-state index in [1.165, 1.54) is 38.4 Å². The first-order valence-corrected chi connectivity index (χ1v) is 8.96. The lowest BCUT2D eigenvalue weighted by Gasteiger charge is -2.13. The van der Waals surface area contributed by atoms with Crippen LogP contribution in [0.4, 0.5) is 11.6 Å². The van der Waals surface area contributed by atoms with Gasteiger partial charge in [-0.3, -0.25) is 4.79 Å². The van der Waals surface area contributed by atoms with Crippen LogP contribution in [-0.2, 0) is 0 Å². The smallest absolute Gasteiger partial charge is 0.260 e. The summed E-state index contributed by atoms with van der Waals surface area (Å²) in [5.74, 6) is 1.35. The van der Waals surface area contributed by atoms with E-state index in [9.17, 15) is 4.79 Å². The van der Waals surface area contributed by atoms with Gasteiger partial charge in [0.1, 0.15) is 11.6 Å². The van der Waals surface area contributed by atoms with Crippen molar-refractivity contribution in [3.8, 4) is 5.75 Å². The molecule has 0 saturated carbocycles. The van der Waals surface area contributed by atoms with E-state index in [1.807, 2.05) is 12.1 Å². The number of hydrogen-bond acceptors (Lipinski definition) is 5. The van der Waals surface area contributed by atoms with Crippen molar-refractivity contribution in [3.63, 3.8) is 0 Å². The van der Waals surface area contributed by atoms with Crippen LogP contribution in [0, 0.1) is 0 Å². The maximum atomic E-state index is 12.3. The molecular weight excluding hydrogens is 328 g/mol. The van der Waals surface area contributed by atoms with Gasteiger partial charge in [0.15, 0.2) is 5.82 Å². The summed E-state index contributed by atoms with van der Waals surface area (Å²) in [6.07, 6.45) is 8.41. The van der Waals surface area contributed by atoms with E-state index in [2.05, 4.69) is 26.9 Å². The monoisotopic (exact) mass is 352 g/mol. The average Bonchev–Trinajstić information content (AvgIpc) is 2.70. The Morgan fingerprint density at radius 1 is 1.12 bits per heavy atom. The number of anilines is 2. The number of carbonyl (C=O) groups excluding carboxylic acids is 1. The van der Waals surface area contributed by atoms with E-state index in [4.69, 9.17) is 4.74 Å². The molecule has 1 aromatic carbocycles. The van der Waals surface area contributed by atoms with Crippen molar-refractivity contribution < 1.29 is 9.53 Å². The number of nitrogens with zero attached hydrogens (tertiary/aromatic N) is 2. The Morgan fingerprint density at radius 2 is 1.92 bits per heavy atom. The van der Waals surface area contributed by atoms with Crippen molar-refractivity contribution in [2.75, 3.05) is 24.3 Å². The van der Waals surface area contributed by atoms with Gasteiger partial charge in [-0.05, 0) is 56.4 Å². The number of amides is 1. The molecule has 0 spiro atoms. The van der Waals surface area contributed by atoms with E-state index in [1.54, 1.807) is 24.3 Å². The zero-order valence-corrected chi connectivity index (χ0v) is 15.0. The third kappa shape index (κ3) is 4.81. The zero-order valence-electron chi connectivity index (χ0n) is 15.0. The molecule has 1 heterocycles. The number of ether oxygens (including phenoxy) is 1. The maximum absolute atomic E-state index is 12.3. The first-order chi connectivity index (χ1) is 12.8. The molecular formula is C20H24N4O2. The van der Waals surface area contributed by atoms with Gasteiger partial charge in [0.25, 0.3) is 5.91 Å². The molecule has 136 valence electrons. The van der Waals surface area contributed by atoms with Crippen LogP contribution in [0.15, 0.2) is 48.0 Å². The lowest BCUT2D eigenvalue weighted by molar-refractivity contribution is 0.102. The second kappa shape index (κ2) is 8.99. The number of carbonyl (C=O) groups is 1. The normalized spacial score (nSPS) is 13.7. The van der Waals surface area contributed by atoms with Crippen LogP contribution in [0.5, 0.6) is 5.75 Å². The van der Waals surface area contributed by atoms with Gasteiger partial charge in [-0.15, -0.1) is 10.2 Å². The molecule has 0 fully saturated rings. The third-order valence-corrected chi connectivity index (χ3v) is 4.40. The van der Waals surface area contributed by atoms with Crippen molar-refractivity contribution in [2.45, 2.75) is 32.1 Å². The van der Waals surface area contributed by atoms with E-state index in [0.717, 1.165) is 13.0 Å². The summed E-state index contributed by atoms with van der Waals surface area (Å²) in [5, 5.41) is 14.2. The summed E-state index contributed by atoms with van der Waals surface area (Å²) in [6, 6.07) is 10.6. The van der Waals surface area contributed by atoms with Crippen LogP contribution in [0.2, 0.25) is 0 Å². The van der Waals surface area contributed by atoms with Crippen LogP contribution in [-0.4, -0.2) is 29.8 Å². The highest BCUT2D eigenvalue weighted by Gasteiger charge is 2.12. The Bertz CT molecular complexity index is 772. The van der Waals surface area contributed by atoms with Crippen LogP contribution >= 0.6 is 0 Å². The molecule has 2 N–H and O–H groups in total. The number of methoxy groups -OCH3 is 1. The fourth-order valence-corrected chi connectivity index (χ4v) is 2.99. The van der Waals surface area contributed by atoms with Gasteiger partial charge in [-0.2, -0.15) is 0 Å². The molecule has 0 atom stereocenters. The molecule has 1 aromatic heterocycles. The standard InChI is InChI=1S/C20H24N4O2/c1-26-17-10-6-5-9-16(17)20(25)22-19-12-11-18(23-24-19)21-14-13-15-7-3-2-4-8-15/h5-7,9-12H,2-4,8,13-14H2,1H3,(H,21,23)(H,22,24,25). The number of allylic oxidation sites excluding steroid dienone is 1. The molecule has 1 amide bonds. The summed E-state index contributed by atoms with van der Waals surface area (Å²) in [4.78, 5) is 12.3. The first kappa shape index (κ1) is 17.9. The van der Waals surface area contributed by atoms with E-state index < -0.39 is 0 Å². The topological polar surface area (TPSA) is 76.1 Å². The second-order valence-corrected chi connectivity index (χ2v) is 6.24. The summed E-state index contributed by atoms with van der Waals surface area (Å²) >= 11 is 0. The average molecular weight is 352 g/mol. The van der Waals surface area contributed by atoms with Crippen LogP contribution in [0.3, 0.4) is 0 Å². The minimum absolute atomic E-state index is 0.276. The summed E-state index contributed by atoms with van der Waals surface area (Å²) in [7, 11) is 1.54. The SMILES string of the molecule is COc1ccccc1C(=O)Nc1ccc(NCCC2=CCCCC2)nn1. The predicted molar refractivity (Wildman–Crippen MR) is 103 cm³/mol. The van der Waals surface area contributed by atoms with Gasteiger partial charge in [0, 0.05) is 6.54 Å². The molecule has 0 saturated heterocycles. The van der Waals surface area contributed by atoms with Crippen LogP contribution in [0.1, 0.15) is 42.5 Å². The van der Waals surface area contributed by atoms with Crippen LogP contribution < -0.4 is 15.4 Å². The molecule has 6 nitrogen and oxygen atoms in total. The van der Waals surface area contributed by atoms with Gasteiger partial charge in [-0.25, -0.2) is 0 Å². The Hall–Kier alpha value is -2.89. The van der Waals surface area contributed by atoms with Crippen molar-refractivity contribution in [2.24, 2.45) is 0 Å². The van der Waals surface area contributed by atoms with Crippen LogP contribution in [0.25, 0.3) is 0 Å². The minimum atomic E-state index is -0.276. The fourth-order valence-electron chi connectivity index (χ4n) is 2.99. The van der Waals surface area contributed by atoms with E-state index >= 15 is 0 Å². The van der Waals surface area contributed by atoms with Gasteiger partial charge < -0.3 is 15.4 Å². The lowest BCUT2D eigenvalue weighted by atomic mass is 9.97. The number of nitrogens with one attached hydrogen (secondary N) is 2. The maximum Gasteiger partial charge on any atom is 0.260 e. The molecule has 6 heteroatoms. The fraction of sp³-hybridized carbons (Fsp3) is 0.350. The Kier molecular flexibility index (Phi) is 6.19. The first-order valence-electron chi connectivity index (χ1n) is 8.96. The molecule has 2 aromatic rings. The summed E-state index contributed by atoms with van der Waals surface area (Å²) in [6.45, 7) is 0.841. The summed E-state index contributed by atoms with van der Waals surface area (Å²) in [5.41, 5.74) is 1.98. The number of rotatable bonds is 7. The molecule has 0 radical (unpaired) electrons. The molecule has 0 aliphatic heterocycles. The Morgan fingerprint density at radius 3 is 2.65 bits per heavy atom. The lowest BCUT2D eigenvalue weighted by Crippen LogP contribution is -2.15. The zero-order chi connectivity index (χ0) is 18.2.